The first kappa shape index (κ1) is 19.1. The number of nitrogens with zero attached hydrogens (tertiary/aromatic N) is 3. The summed E-state index contributed by atoms with van der Waals surface area (Å²) in [5.74, 6) is 1.28. The Morgan fingerprint density at radius 1 is 1.23 bits per heavy atom. The molecule has 1 N–H and O–H groups in total. The van der Waals surface area contributed by atoms with Crippen LogP contribution < -0.4 is 10.1 Å². The molecule has 6 nitrogen and oxygen atoms in total. The van der Waals surface area contributed by atoms with Gasteiger partial charge in [0.05, 0.1) is 34.0 Å². The number of nitrogens with one attached hydrogen (secondary N) is 1. The number of aromatic nitrogens is 3. The summed E-state index contributed by atoms with van der Waals surface area (Å²) < 4.78 is 21.4. The molecular weight excluding hydrogens is 423 g/mol. The monoisotopic (exact) mass is 440 g/mol. The molecule has 152 valence electrons. The van der Waals surface area contributed by atoms with Gasteiger partial charge in [-0.2, -0.15) is 9.78 Å². The van der Waals surface area contributed by atoms with Gasteiger partial charge in [-0.05, 0) is 42.8 Å². The summed E-state index contributed by atoms with van der Waals surface area (Å²) in [5.41, 5.74) is 3.47. The van der Waals surface area contributed by atoms with Gasteiger partial charge in [-0.25, -0.2) is 9.37 Å². The molecule has 1 unspecified atom stereocenters. The summed E-state index contributed by atoms with van der Waals surface area (Å²) in [6.07, 6.45) is 0. The molecular formula is C21H17FN4O2S2. The van der Waals surface area contributed by atoms with Crippen molar-refractivity contribution >= 4 is 45.0 Å². The van der Waals surface area contributed by atoms with Crippen LogP contribution in [-0.4, -0.2) is 33.5 Å². The highest BCUT2D eigenvalue weighted by Gasteiger charge is 2.31. The number of benzene rings is 2. The van der Waals surface area contributed by atoms with E-state index in [1.807, 2.05) is 25.1 Å². The van der Waals surface area contributed by atoms with E-state index >= 15 is 0 Å². The van der Waals surface area contributed by atoms with Gasteiger partial charge in [0.2, 0.25) is 11.0 Å². The SMILES string of the molecule is COc1ccc2nc(-n3nc(C)c4c3NC(=O)CSC4c3ccc(F)cc3)sc2c1. The summed E-state index contributed by atoms with van der Waals surface area (Å²) in [4.78, 5) is 17.2. The van der Waals surface area contributed by atoms with Crippen molar-refractivity contribution < 1.29 is 13.9 Å². The molecule has 1 amide bonds. The van der Waals surface area contributed by atoms with Gasteiger partial charge < -0.3 is 10.1 Å². The summed E-state index contributed by atoms with van der Waals surface area (Å²) in [6, 6.07) is 12.1. The zero-order chi connectivity index (χ0) is 20.8. The third-order valence-electron chi connectivity index (χ3n) is 4.95. The normalized spacial score (nSPS) is 16.2. The van der Waals surface area contributed by atoms with Gasteiger partial charge in [0.15, 0.2) is 0 Å². The van der Waals surface area contributed by atoms with Crippen LogP contribution in [0.5, 0.6) is 5.75 Å². The fraction of sp³-hybridized carbons (Fsp3) is 0.190. The van der Waals surface area contributed by atoms with Crippen molar-refractivity contribution in [3.05, 3.63) is 65.1 Å². The molecule has 0 saturated heterocycles. The van der Waals surface area contributed by atoms with Crippen LogP contribution in [-0.2, 0) is 4.79 Å². The van der Waals surface area contributed by atoms with Gasteiger partial charge in [0.1, 0.15) is 17.4 Å². The maximum absolute atomic E-state index is 13.4. The second kappa shape index (κ2) is 7.41. The second-order valence-electron chi connectivity index (χ2n) is 6.88. The average molecular weight is 441 g/mol. The molecule has 1 aliphatic heterocycles. The Bertz CT molecular complexity index is 1270. The van der Waals surface area contributed by atoms with Gasteiger partial charge in [-0.1, -0.05) is 23.5 Å². The molecule has 3 heterocycles. The predicted octanol–water partition coefficient (Wildman–Crippen LogP) is 4.71. The minimum atomic E-state index is -0.288. The smallest absolute Gasteiger partial charge is 0.235 e. The topological polar surface area (TPSA) is 69.0 Å². The number of ether oxygens (including phenoxy) is 1. The molecule has 1 atom stereocenters. The Morgan fingerprint density at radius 2 is 2.03 bits per heavy atom. The molecule has 1 aliphatic rings. The molecule has 0 fully saturated rings. The summed E-state index contributed by atoms with van der Waals surface area (Å²) in [6.45, 7) is 1.92. The van der Waals surface area contributed by atoms with Crippen molar-refractivity contribution in [1.29, 1.82) is 0 Å². The molecule has 0 aliphatic carbocycles. The van der Waals surface area contributed by atoms with Crippen LogP contribution in [0.1, 0.15) is 22.1 Å². The second-order valence-corrected chi connectivity index (χ2v) is 8.98. The molecule has 2 aromatic heterocycles. The standard InChI is InChI=1S/C21H17FN4O2S2/c1-11-18-19(12-3-5-13(22)6-4-12)29-10-17(27)24-20(18)26(25-11)21-23-15-8-7-14(28-2)9-16(15)30-21/h3-9,19H,10H2,1-2H3,(H,24,27). The van der Waals surface area contributed by atoms with Crippen molar-refractivity contribution in [3.8, 4) is 10.9 Å². The van der Waals surface area contributed by atoms with E-state index in [-0.39, 0.29) is 17.0 Å². The number of methoxy groups -OCH3 is 1. The number of hydrogen-bond donors (Lipinski definition) is 1. The minimum Gasteiger partial charge on any atom is -0.497 e. The average Bonchev–Trinajstić information content (AvgIpc) is 3.24. The lowest BCUT2D eigenvalue weighted by Crippen LogP contribution is -2.15. The first-order valence-electron chi connectivity index (χ1n) is 9.25. The van der Waals surface area contributed by atoms with Crippen LogP contribution in [0.25, 0.3) is 15.3 Å². The van der Waals surface area contributed by atoms with Gasteiger partial charge in [0, 0.05) is 5.56 Å². The lowest BCUT2D eigenvalue weighted by atomic mass is 10.0. The molecule has 5 rings (SSSR count). The van der Waals surface area contributed by atoms with Gasteiger partial charge in [0.25, 0.3) is 0 Å². The lowest BCUT2D eigenvalue weighted by Gasteiger charge is -2.15. The lowest BCUT2D eigenvalue weighted by molar-refractivity contribution is -0.113. The number of hydrogen-bond acceptors (Lipinski definition) is 6. The zero-order valence-corrected chi connectivity index (χ0v) is 17.8. The van der Waals surface area contributed by atoms with Crippen molar-refractivity contribution in [2.75, 3.05) is 18.2 Å². The molecule has 0 bridgehead atoms. The van der Waals surface area contributed by atoms with Crippen molar-refractivity contribution in [2.24, 2.45) is 0 Å². The minimum absolute atomic E-state index is 0.102. The van der Waals surface area contributed by atoms with Gasteiger partial charge in [-0.15, -0.1) is 11.8 Å². The van der Waals surface area contributed by atoms with Crippen LogP contribution in [0, 0.1) is 12.7 Å². The number of halogens is 1. The maximum atomic E-state index is 13.4. The fourth-order valence-corrected chi connectivity index (χ4v) is 5.67. The third kappa shape index (κ3) is 3.23. The van der Waals surface area contributed by atoms with Crippen LogP contribution in [0.2, 0.25) is 0 Å². The molecule has 30 heavy (non-hydrogen) atoms. The number of carbonyl (C=O) groups is 1. The highest BCUT2D eigenvalue weighted by Crippen LogP contribution is 2.44. The van der Waals surface area contributed by atoms with E-state index in [0.29, 0.717) is 16.7 Å². The third-order valence-corrected chi connectivity index (χ3v) is 7.21. The molecule has 0 saturated carbocycles. The summed E-state index contributed by atoms with van der Waals surface area (Å²) in [5, 5.41) is 8.22. The Labute approximate surface area is 180 Å². The Hall–Kier alpha value is -2.91. The number of anilines is 1. The van der Waals surface area contributed by atoms with Crippen LogP contribution in [0.3, 0.4) is 0 Å². The Kier molecular flexibility index (Phi) is 4.71. The first-order chi connectivity index (χ1) is 14.5. The zero-order valence-electron chi connectivity index (χ0n) is 16.2. The maximum Gasteiger partial charge on any atom is 0.235 e. The van der Waals surface area contributed by atoms with Crippen LogP contribution in [0.4, 0.5) is 10.2 Å². The number of carbonyl (C=O) groups excluding carboxylic acids is 1. The van der Waals surface area contributed by atoms with Crippen molar-refractivity contribution in [1.82, 2.24) is 14.8 Å². The molecule has 2 aromatic carbocycles. The van der Waals surface area contributed by atoms with Crippen LogP contribution >= 0.6 is 23.1 Å². The number of rotatable bonds is 3. The quantitative estimate of drug-likeness (QED) is 0.500. The number of thiazole rings is 1. The summed E-state index contributed by atoms with van der Waals surface area (Å²) >= 11 is 2.98. The number of aryl methyl sites for hydroxylation is 1. The Morgan fingerprint density at radius 3 is 2.80 bits per heavy atom. The van der Waals surface area contributed by atoms with Crippen molar-refractivity contribution in [3.63, 3.8) is 0 Å². The van der Waals surface area contributed by atoms with E-state index in [4.69, 9.17) is 14.8 Å². The predicted molar refractivity (Wildman–Crippen MR) is 117 cm³/mol. The molecule has 0 radical (unpaired) electrons. The van der Waals surface area contributed by atoms with E-state index in [2.05, 4.69) is 5.32 Å². The fourth-order valence-electron chi connectivity index (χ4n) is 3.53. The Balaban J connectivity index is 1.66. The highest BCUT2D eigenvalue weighted by molar-refractivity contribution is 8.00. The van der Waals surface area contributed by atoms with Crippen LogP contribution in [0.15, 0.2) is 42.5 Å². The highest BCUT2D eigenvalue weighted by atomic mass is 32.2. The van der Waals surface area contributed by atoms with Gasteiger partial charge in [-0.3, -0.25) is 4.79 Å². The molecule has 0 spiro atoms. The van der Waals surface area contributed by atoms with Gasteiger partial charge >= 0.3 is 0 Å². The van der Waals surface area contributed by atoms with Crippen molar-refractivity contribution in [2.45, 2.75) is 12.2 Å². The largest absolute Gasteiger partial charge is 0.497 e. The van der Waals surface area contributed by atoms with E-state index in [1.165, 1.54) is 35.2 Å². The van der Waals surface area contributed by atoms with E-state index in [9.17, 15) is 9.18 Å². The molecule has 4 aromatic rings. The number of amides is 1. The van der Waals surface area contributed by atoms with E-state index in [0.717, 1.165) is 32.8 Å². The molecule has 9 heteroatoms. The number of fused-ring (bicyclic) bond motifs is 2. The summed E-state index contributed by atoms with van der Waals surface area (Å²) in [7, 11) is 1.63. The van der Waals surface area contributed by atoms with E-state index in [1.54, 1.807) is 23.9 Å². The number of thioether (sulfide) groups is 1. The first-order valence-corrected chi connectivity index (χ1v) is 11.1. The van der Waals surface area contributed by atoms with E-state index < -0.39 is 0 Å².